The molecule has 5 unspecified atom stereocenters. The van der Waals surface area contributed by atoms with Crippen molar-refractivity contribution in [2.75, 3.05) is 0 Å². The molecule has 0 spiro atoms. The molecule has 1 aromatic carbocycles. The third-order valence-electron chi connectivity index (χ3n) is 6.73. The number of carbonyl (C=O) groups excluding carboxylic acids is 3. The highest BCUT2D eigenvalue weighted by molar-refractivity contribution is 5.93. The number of nitrogens with one attached hydrogen (secondary N) is 2. The van der Waals surface area contributed by atoms with Crippen LogP contribution < -0.4 is 10.6 Å². The van der Waals surface area contributed by atoms with Crippen molar-refractivity contribution in [1.29, 1.82) is 0 Å². The van der Waals surface area contributed by atoms with Gasteiger partial charge >= 0.3 is 6.09 Å². The average Bonchev–Trinajstić information content (AvgIpc) is 3.45. The molecule has 2 rings (SSSR count). The van der Waals surface area contributed by atoms with Crippen molar-refractivity contribution >= 4 is 17.9 Å². The molecule has 196 valence electrons. The van der Waals surface area contributed by atoms with Crippen molar-refractivity contribution < 1.29 is 19.1 Å². The van der Waals surface area contributed by atoms with E-state index in [1.54, 1.807) is 25.7 Å². The first-order chi connectivity index (χ1) is 16.2. The van der Waals surface area contributed by atoms with E-state index in [4.69, 9.17) is 4.74 Å². The van der Waals surface area contributed by atoms with Gasteiger partial charge in [-0.1, -0.05) is 45.4 Å². The summed E-state index contributed by atoms with van der Waals surface area (Å²) in [5, 5.41) is 5.86. The Kier molecular flexibility index (Phi) is 9.37. The van der Waals surface area contributed by atoms with Gasteiger partial charge in [0.05, 0.1) is 0 Å². The average molecular weight is 488 g/mol. The number of alkyl carbamates (subject to hydrolysis) is 1. The maximum Gasteiger partial charge on any atom is 0.408 e. The number of ether oxygens (including phenoxy) is 1. The van der Waals surface area contributed by atoms with Gasteiger partial charge in [0.1, 0.15) is 17.7 Å². The summed E-state index contributed by atoms with van der Waals surface area (Å²) >= 11 is 0. The van der Waals surface area contributed by atoms with Gasteiger partial charge in [0.25, 0.3) is 0 Å². The zero-order valence-corrected chi connectivity index (χ0v) is 23.2. The van der Waals surface area contributed by atoms with Crippen LogP contribution in [0.2, 0.25) is 0 Å². The standard InChI is InChI=1S/C28H45N3O4/c1-11-17(4)23(30-27(34)35-28(8,9)10)26(33)31(22-15-19(22)6)24(25(32)29-16(2)3)21-14-12-13-18(5)20(21)7/h12-14,16-17,19,22-24H,11,15H2,1-10H3,(H,29,32)(H,30,34). The van der Waals surface area contributed by atoms with Crippen LogP contribution in [0.15, 0.2) is 18.2 Å². The molecule has 1 aromatic rings. The molecule has 7 heteroatoms. The van der Waals surface area contributed by atoms with E-state index in [9.17, 15) is 14.4 Å². The maximum atomic E-state index is 14.2. The summed E-state index contributed by atoms with van der Waals surface area (Å²) in [4.78, 5) is 42.3. The Morgan fingerprint density at radius 1 is 1.11 bits per heavy atom. The van der Waals surface area contributed by atoms with Gasteiger partial charge in [-0.05, 0) is 83.4 Å². The van der Waals surface area contributed by atoms with Gasteiger partial charge in [0.2, 0.25) is 11.8 Å². The van der Waals surface area contributed by atoms with E-state index >= 15 is 0 Å². The summed E-state index contributed by atoms with van der Waals surface area (Å²) in [6, 6.07) is 4.13. The molecule has 7 nitrogen and oxygen atoms in total. The number of hydrogen-bond acceptors (Lipinski definition) is 4. The normalized spacial score (nSPS) is 20.0. The first-order valence-corrected chi connectivity index (χ1v) is 12.9. The highest BCUT2D eigenvalue weighted by atomic mass is 16.6. The fourth-order valence-electron chi connectivity index (χ4n) is 4.30. The summed E-state index contributed by atoms with van der Waals surface area (Å²) < 4.78 is 5.47. The maximum absolute atomic E-state index is 14.2. The lowest BCUT2D eigenvalue weighted by atomic mass is 9.92. The number of aryl methyl sites for hydroxylation is 1. The molecule has 3 amide bonds. The van der Waals surface area contributed by atoms with E-state index < -0.39 is 23.8 Å². The molecule has 0 radical (unpaired) electrons. The number of amides is 3. The quantitative estimate of drug-likeness (QED) is 0.510. The first-order valence-electron chi connectivity index (χ1n) is 12.9. The van der Waals surface area contributed by atoms with Crippen LogP contribution >= 0.6 is 0 Å². The smallest absolute Gasteiger partial charge is 0.408 e. The largest absolute Gasteiger partial charge is 0.444 e. The Labute approximate surface area is 211 Å². The van der Waals surface area contributed by atoms with Crippen LogP contribution in [0.3, 0.4) is 0 Å². The monoisotopic (exact) mass is 487 g/mol. The van der Waals surface area contributed by atoms with E-state index in [0.29, 0.717) is 6.42 Å². The molecular weight excluding hydrogens is 442 g/mol. The fraction of sp³-hybridized carbons (Fsp3) is 0.679. The molecule has 0 heterocycles. The van der Waals surface area contributed by atoms with Crippen LogP contribution in [0.1, 0.15) is 91.0 Å². The Bertz CT molecular complexity index is 921. The van der Waals surface area contributed by atoms with Gasteiger partial charge in [0.15, 0.2) is 0 Å². The summed E-state index contributed by atoms with van der Waals surface area (Å²) in [6.45, 7) is 19.2. The van der Waals surface area contributed by atoms with Crippen LogP contribution in [0.5, 0.6) is 0 Å². The molecule has 1 saturated carbocycles. The highest BCUT2D eigenvalue weighted by Gasteiger charge is 2.49. The van der Waals surface area contributed by atoms with Crippen LogP contribution in [0.25, 0.3) is 0 Å². The SMILES string of the molecule is CCC(C)C(NC(=O)OC(C)(C)C)C(=O)N(C(C(=O)NC(C)C)c1cccc(C)c1C)C1CC1C. The van der Waals surface area contributed by atoms with Crippen molar-refractivity contribution in [3.63, 3.8) is 0 Å². The summed E-state index contributed by atoms with van der Waals surface area (Å²) in [5.74, 6) is -0.317. The highest BCUT2D eigenvalue weighted by Crippen LogP contribution is 2.42. The zero-order chi connectivity index (χ0) is 26.7. The van der Waals surface area contributed by atoms with Crippen molar-refractivity contribution in [2.24, 2.45) is 11.8 Å². The van der Waals surface area contributed by atoms with Gasteiger partial charge in [-0.25, -0.2) is 4.79 Å². The summed E-state index contributed by atoms with van der Waals surface area (Å²) in [7, 11) is 0. The molecule has 0 aliphatic heterocycles. The van der Waals surface area contributed by atoms with Gasteiger partial charge < -0.3 is 20.3 Å². The lowest BCUT2D eigenvalue weighted by molar-refractivity contribution is -0.144. The van der Waals surface area contributed by atoms with Crippen molar-refractivity contribution in [3.8, 4) is 0 Å². The Morgan fingerprint density at radius 2 is 1.71 bits per heavy atom. The van der Waals surface area contributed by atoms with E-state index in [2.05, 4.69) is 17.6 Å². The minimum atomic E-state index is -0.804. The van der Waals surface area contributed by atoms with Gasteiger partial charge in [-0.15, -0.1) is 0 Å². The van der Waals surface area contributed by atoms with E-state index in [1.165, 1.54) is 0 Å². The predicted octanol–water partition coefficient (Wildman–Crippen LogP) is 5.05. The third-order valence-corrected chi connectivity index (χ3v) is 6.73. The number of carbonyl (C=O) groups is 3. The molecule has 1 aliphatic rings. The van der Waals surface area contributed by atoms with Crippen LogP contribution in [-0.2, 0) is 14.3 Å². The minimum Gasteiger partial charge on any atom is -0.444 e. The lowest BCUT2D eigenvalue weighted by Gasteiger charge is -2.37. The van der Waals surface area contributed by atoms with Crippen LogP contribution in [-0.4, -0.2) is 46.5 Å². The van der Waals surface area contributed by atoms with Crippen LogP contribution in [0.4, 0.5) is 4.79 Å². The van der Waals surface area contributed by atoms with Crippen LogP contribution in [0, 0.1) is 25.7 Å². The first kappa shape index (κ1) is 28.7. The molecule has 1 fully saturated rings. The van der Waals surface area contributed by atoms with E-state index in [1.807, 2.05) is 59.7 Å². The second-order valence-electron chi connectivity index (χ2n) is 11.4. The number of rotatable bonds is 9. The Hall–Kier alpha value is -2.57. The van der Waals surface area contributed by atoms with E-state index in [-0.39, 0.29) is 35.7 Å². The van der Waals surface area contributed by atoms with Crippen molar-refractivity contribution in [3.05, 3.63) is 34.9 Å². The molecule has 0 aromatic heterocycles. The molecule has 0 bridgehead atoms. The molecule has 2 N–H and O–H groups in total. The molecule has 1 aliphatic carbocycles. The van der Waals surface area contributed by atoms with Gasteiger partial charge in [0, 0.05) is 12.1 Å². The second-order valence-corrected chi connectivity index (χ2v) is 11.4. The fourth-order valence-corrected chi connectivity index (χ4v) is 4.30. The molecule has 0 saturated heterocycles. The van der Waals surface area contributed by atoms with Crippen molar-refractivity contribution in [1.82, 2.24) is 15.5 Å². The topological polar surface area (TPSA) is 87.7 Å². The Morgan fingerprint density at radius 3 is 2.20 bits per heavy atom. The number of nitrogens with zero attached hydrogens (tertiary/aromatic N) is 1. The lowest BCUT2D eigenvalue weighted by Crippen LogP contribution is -2.56. The molecular formula is C28H45N3O4. The Balaban J connectivity index is 2.56. The molecule has 5 atom stereocenters. The van der Waals surface area contributed by atoms with E-state index in [0.717, 1.165) is 23.1 Å². The summed E-state index contributed by atoms with van der Waals surface area (Å²) in [6.07, 6.45) is 0.878. The molecule has 35 heavy (non-hydrogen) atoms. The number of benzene rings is 1. The minimum absolute atomic E-state index is 0.0719. The third kappa shape index (κ3) is 7.45. The number of hydrogen-bond donors (Lipinski definition) is 2. The van der Waals surface area contributed by atoms with Gasteiger partial charge in [-0.2, -0.15) is 0 Å². The van der Waals surface area contributed by atoms with Gasteiger partial charge in [-0.3, -0.25) is 9.59 Å². The summed E-state index contributed by atoms with van der Waals surface area (Å²) in [5.41, 5.74) is 2.18. The predicted molar refractivity (Wildman–Crippen MR) is 139 cm³/mol. The van der Waals surface area contributed by atoms with Crippen molar-refractivity contribution in [2.45, 2.75) is 112 Å². The zero-order valence-electron chi connectivity index (χ0n) is 23.2. The second kappa shape index (κ2) is 11.4.